The van der Waals surface area contributed by atoms with Gasteiger partial charge in [-0.1, -0.05) is 60.1 Å². The largest absolute Gasteiger partial charge is 0.342 e. The maximum atomic E-state index is 12.6. The van der Waals surface area contributed by atoms with Crippen LogP contribution in [0.25, 0.3) is 0 Å². The van der Waals surface area contributed by atoms with Gasteiger partial charge in [0, 0.05) is 35.5 Å². The molecule has 1 unspecified atom stereocenters. The molecule has 0 bridgehead atoms. The Hall–Kier alpha value is -1.45. The molecule has 0 N–H and O–H groups in total. The summed E-state index contributed by atoms with van der Waals surface area (Å²) >= 11 is 8.27. The van der Waals surface area contributed by atoms with Crippen molar-refractivity contribution in [3.8, 4) is 0 Å². The van der Waals surface area contributed by atoms with Crippen LogP contribution in [-0.2, 0) is 11.2 Å². The first kappa shape index (κ1) is 19.3. The number of thioether (sulfide) groups is 1. The van der Waals surface area contributed by atoms with Crippen LogP contribution in [0.1, 0.15) is 42.1 Å². The summed E-state index contributed by atoms with van der Waals surface area (Å²) in [5.74, 6) is 1.28. The molecule has 4 heteroatoms. The lowest BCUT2D eigenvalue weighted by molar-refractivity contribution is -0.131. The van der Waals surface area contributed by atoms with Gasteiger partial charge < -0.3 is 4.90 Å². The van der Waals surface area contributed by atoms with Gasteiger partial charge in [-0.15, -0.1) is 0 Å². The first-order chi connectivity index (χ1) is 12.7. The van der Waals surface area contributed by atoms with Crippen LogP contribution in [-0.4, -0.2) is 29.6 Å². The Balaban J connectivity index is 1.43. The van der Waals surface area contributed by atoms with E-state index in [0.29, 0.717) is 17.6 Å². The van der Waals surface area contributed by atoms with Crippen LogP contribution in [0, 0.1) is 0 Å². The summed E-state index contributed by atoms with van der Waals surface area (Å²) in [5, 5.41) is 1.23. The molecule has 1 atom stereocenters. The third kappa shape index (κ3) is 5.52. The van der Waals surface area contributed by atoms with Gasteiger partial charge in [0.15, 0.2) is 0 Å². The Morgan fingerprint density at radius 2 is 1.81 bits per heavy atom. The van der Waals surface area contributed by atoms with Crippen LogP contribution in [0.3, 0.4) is 0 Å². The van der Waals surface area contributed by atoms with Gasteiger partial charge >= 0.3 is 0 Å². The SMILES string of the molecule is O=C(CCCCc1ccccc1)N1CCSC(c2ccccc2Cl)CC1. The second kappa shape index (κ2) is 10.0. The van der Waals surface area contributed by atoms with Gasteiger partial charge in [-0.3, -0.25) is 4.79 Å². The number of carbonyl (C=O) groups excluding carboxylic acids is 1. The molecular formula is C22H26ClNOS. The van der Waals surface area contributed by atoms with Crippen molar-refractivity contribution in [1.82, 2.24) is 4.90 Å². The molecule has 1 saturated heterocycles. The molecule has 2 nitrogen and oxygen atoms in total. The molecule has 2 aromatic rings. The van der Waals surface area contributed by atoms with Crippen molar-refractivity contribution in [2.75, 3.05) is 18.8 Å². The van der Waals surface area contributed by atoms with E-state index in [4.69, 9.17) is 11.6 Å². The topological polar surface area (TPSA) is 20.3 Å². The number of rotatable bonds is 6. The van der Waals surface area contributed by atoms with E-state index in [9.17, 15) is 4.79 Å². The number of hydrogen-bond donors (Lipinski definition) is 0. The highest BCUT2D eigenvalue weighted by Crippen LogP contribution is 2.37. The van der Waals surface area contributed by atoms with Crippen LogP contribution in [0.2, 0.25) is 5.02 Å². The molecule has 0 saturated carbocycles. The lowest BCUT2D eigenvalue weighted by atomic mass is 10.1. The molecule has 3 rings (SSSR count). The summed E-state index contributed by atoms with van der Waals surface area (Å²) in [6.07, 6.45) is 4.73. The molecule has 1 aliphatic rings. The van der Waals surface area contributed by atoms with Gasteiger partial charge in [0.1, 0.15) is 0 Å². The Morgan fingerprint density at radius 3 is 2.62 bits per heavy atom. The smallest absolute Gasteiger partial charge is 0.222 e. The predicted octanol–water partition coefficient (Wildman–Crippen LogP) is 5.76. The zero-order valence-electron chi connectivity index (χ0n) is 15.1. The van der Waals surface area contributed by atoms with Crippen LogP contribution in [0.4, 0.5) is 0 Å². The van der Waals surface area contributed by atoms with E-state index >= 15 is 0 Å². The first-order valence-electron chi connectivity index (χ1n) is 9.42. The summed E-state index contributed by atoms with van der Waals surface area (Å²) in [5.41, 5.74) is 2.56. The number of benzene rings is 2. The van der Waals surface area contributed by atoms with Gasteiger partial charge in [0.25, 0.3) is 0 Å². The number of aryl methyl sites for hydroxylation is 1. The van der Waals surface area contributed by atoms with Crippen LogP contribution >= 0.6 is 23.4 Å². The quantitative estimate of drug-likeness (QED) is 0.587. The summed E-state index contributed by atoms with van der Waals surface area (Å²) in [6.45, 7) is 1.68. The number of hydrogen-bond acceptors (Lipinski definition) is 2. The summed E-state index contributed by atoms with van der Waals surface area (Å²) in [4.78, 5) is 14.6. The molecule has 1 heterocycles. The third-order valence-corrected chi connectivity index (χ3v) is 6.55. The number of halogens is 1. The molecule has 1 fully saturated rings. The van der Waals surface area contributed by atoms with Crippen molar-refractivity contribution in [3.05, 3.63) is 70.7 Å². The van der Waals surface area contributed by atoms with E-state index < -0.39 is 0 Å². The molecule has 2 aromatic carbocycles. The maximum Gasteiger partial charge on any atom is 0.222 e. The molecule has 138 valence electrons. The Morgan fingerprint density at radius 1 is 1.04 bits per heavy atom. The highest BCUT2D eigenvalue weighted by Gasteiger charge is 2.22. The van der Waals surface area contributed by atoms with Crippen molar-refractivity contribution in [2.45, 2.75) is 37.4 Å². The lowest BCUT2D eigenvalue weighted by Crippen LogP contribution is -2.32. The molecule has 0 aliphatic carbocycles. The van der Waals surface area contributed by atoms with Gasteiger partial charge in [-0.25, -0.2) is 0 Å². The minimum Gasteiger partial charge on any atom is -0.342 e. The summed E-state index contributed by atoms with van der Waals surface area (Å²) < 4.78 is 0. The second-order valence-electron chi connectivity index (χ2n) is 6.74. The fourth-order valence-corrected chi connectivity index (χ4v) is 5.01. The van der Waals surface area contributed by atoms with E-state index in [1.807, 2.05) is 40.9 Å². The zero-order valence-corrected chi connectivity index (χ0v) is 16.6. The highest BCUT2D eigenvalue weighted by molar-refractivity contribution is 7.99. The molecule has 1 amide bonds. The molecule has 0 radical (unpaired) electrons. The molecular weight excluding hydrogens is 362 g/mol. The second-order valence-corrected chi connectivity index (χ2v) is 8.46. The van der Waals surface area contributed by atoms with E-state index in [0.717, 1.165) is 49.5 Å². The molecule has 26 heavy (non-hydrogen) atoms. The summed E-state index contributed by atoms with van der Waals surface area (Å²) in [6, 6.07) is 18.6. The van der Waals surface area contributed by atoms with Crippen LogP contribution in [0.15, 0.2) is 54.6 Å². The molecule has 0 spiro atoms. The lowest BCUT2D eigenvalue weighted by Gasteiger charge is -2.20. The van der Waals surface area contributed by atoms with Crippen molar-refractivity contribution in [1.29, 1.82) is 0 Å². The van der Waals surface area contributed by atoms with Gasteiger partial charge in [-0.05, 0) is 42.9 Å². The van der Waals surface area contributed by atoms with Gasteiger partial charge in [0.05, 0.1) is 0 Å². The Kier molecular flexibility index (Phi) is 7.45. The standard InChI is InChI=1S/C22H26ClNOS/c23-20-12-6-5-11-19(20)21-14-15-24(16-17-26-21)22(25)13-7-4-10-18-8-2-1-3-9-18/h1-3,5-6,8-9,11-12,21H,4,7,10,13-17H2. The third-order valence-electron chi connectivity index (χ3n) is 4.90. The average molecular weight is 388 g/mol. The summed E-state index contributed by atoms with van der Waals surface area (Å²) in [7, 11) is 0. The molecule has 1 aliphatic heterocycles. The van der Waals surface area contributed by atoms with Crippen molar-refractivity contribution >= 4 is 29.3 Å². The maximum absolute atomic E-state index is 12.6. The van der Waals surface area contributed by atoms with Gasteiger partial charge in [-0.2, -0.15) is 11.8 Å². The number of carbonyl (C=O) groups is 1. The Bertz CT molecular complexity index is 706. The fourth-order valence-electron chi connectivity index (χ4n) is 3.41. The van der Waals surface area contributed by atoms with Gasteiger partial charge in [0.2, 0.25) is 5.91 Å². The normalized spacial score (nSPS) is 17.7. The van der Waals surface area contributed by atoms with Crippen molar-refractivity contribution in [2.24, 2.45) is 0 Å². The predicted molar refractivity (Wildman–Crippen MR) is 112 cm³/mol. The number of unbranched alkanes of at least 4 members (excludes halogenated alkanes) is 1. The van der Waals surface area contributed by atoms with E-state index in [1.54, 1.807) is 0 Å². The number of amides is 1. The van der Waals surface area contributed by atoms with Crippen molar-refractivity contribution < 1.29 is 4.79 Å². The van der Waals surface area contributed by atoms with Crippen LogP contribution < -0.4 is 0 Å². The zero-order chi connectivity index (χ0) is 18.2. The van der Waals surface area contributed by atoms with E-state index in [-0.39, 0.29) is 0 Å². The monoisotopic (exact) mass is 387 g/mol. The Labute approximate surface area is 165 Å². The molecule has 0 aromatic heterocycles. The fraction of sp³-hybridized carbons (Fsp3) is 0.409. The van der Waals surface area contributed by atoms with Crippen LogP contribution in [0.5, 0.6) is 0 Å². The van der Waals surface area contributed by atoms with E-state index in [2.05, 4.69) is 30.3 Å². The minimum absolute atomic E-state index is 0.304. The minimum atomic E-state index is 0.304. The highest BCUT2D eigenvalue weighted by atomic mass is 35.5. The first-order valence-corrected chi connectivity index (χ1v) is 10.8. The van der Waals surface area contributed by atoms with E-state index in [1.165, 1.54) is 11.1 Å². The van der Waals surface area contributed by atoms with Crippen molar-refractivity contribution in [3.63, 3.8) is 0 Å². The average Bonchev–Trinajstić information content (AvgIpc) is 2.92. The number of nitrogens with zero attached hydrogens (tertiary/aromatic N) is 1.